The zero-order chi connectivity index (χ0) is 23.1. The molecule has 2 aliphatic rings. The van der Waals surface area contributed by atoms with Gasteiger partial charge in [0.2, 0.25) is 11.7 Å². The first-order valence-electron chi connectivity index (χ1n) is 10.1. The molecule has 0 bridgehead atoms. The summed E-state index contributed by atoms with van der Waals surface area (Å²) in [7, 11) is 0. The zero-order valence-corrected chi connectivity index (χ0v) is 17.1. The van der Waals surface area contributed by atoms with E-state index in [0.29, 0.717) is 11.3 Å². The van der Waals surface area contributed by atoms with Crippen molar-refractivity contribution < 1.29 is 28.4 Å². The molecule has 0 radical (unpaired) electrons. The van der Waals surface area contributed by atoms with Crippen molar-refractivity contribution in [1.82, 2.24) is 15.6 Å². The molecule has 1 aliphatic heterocycles. The molecular formula is C23H16N4O6. The number of hydrogen-bond acceptors (Lipinski definition) is 7. The van der Waals surface area contributed by atoms with Gasteiger partial charge in [0, 0.05) is 42.9 Å². The highest BCUT2D eigenvalue weighted by atomic mass is 16.4. The summed E-state index contributed by atoms with van der Waals surface area (Å²) in [5.41, 5.74) is 1.57. The lowest BCUT2D eigenvalue weighted by Crippen LogP contribution is -2.50. The van der Waals surface area contributed by atoms with Crippen LogP contribution in [0.15, 0.2) is 53.2 Å². The molecule has 0 saturated carbocycles. The summed E-state index contributed by atoms with van der Waals surface area (Å²) in [5, 5.41) is 4.91. The van der Waals surface area contributed by atoms with Crippen LogP contribution < -0.4 is 15.5 Å². The fourth-order valence-electron chi connectivity index (χ4n) is 3.85. The van der Waals surface area contributed by atoms with Gasteiger partial charge in [-0.1, -0.05) is 24.3 Å². The van der Waals surface area contributed by atoms with E-state index >= 15 is 0 Å². The van der Waals surface area contributed by atoms with Crippen molar-refractivity contribution in [2.24, 2.45) is 0 Å². The summed E-state index contributed by atoms with van der Waals surface area (Å²) in [5.74, 6) is -2.17. The molecule has 2 N–H and O–H groups in total. The van der Waals surface area contributed by atoms with Crippen LogP contribution in [-0.2, 0) is 11.3 Å². The third-order valence-corrected chi connectivity index (χ3v) is 5.49. The van der Waals surface area contributed by atoms with E-state index in [2.05, 4.69) is 15.6 Å². The Kier molecular flexibility index (Phi) is 4.82. The number of carbonyl (C=O) groups excluding carboxylic acids is 5. The number of benzene rings is 1. The van der Waals surface area contributed by atoms with E-state index in [1.165, 1.54) is 29.4 Å². The third kappa shape index (κ3) is 3.47. The second-order valence-corrected chi connectivity index (χ2v) is 7.50. The summed E-state index contributed by atoms with van der Waals surface area (Å²) in [6, 6.07) is 8.73. The number of hydrogen-bond donors (Lipinski definition) is 2. The van der Waals surface area contributed by atoms with E-state index in [1.807, 2.05) is 0 Å². The highest BCUT2D eigenvalue weighted by Gasteiger charge is 2.34. The number of furan rings is 1. The van der Waals surface area contributed by atoms with E-state index in [9.17, 15) is 24.0 Å². The maximum absolute atomic E-state index is 12.7. The molecule has 1 saturated heterocycles. The molecule has 0 spiro atoms. The van der Waals surface area contributed by atoms with Crippen molar-refractivity contribution in [2.75, 3.05) is 11.4 Å². The minimum absolute atomic E-state index is 0.0158. The largest absolute Gasteiger partial charge is 0.447 e. The minimum Gasteiger partial charge on any atom is -0.447 e. The third-order valence-electron chi connectivity index (χ3n) is 5.49. The second kappa shape index (κ2) is 7.83. The Bertz CT molecular complexity index is 1310. The smallest absolute Gasteiger partial charge is 0.328 e. The van der Waals surface area contributed by atoms with Crippen LogP contribution in [-0.4, -0.2) is 40.9 Å². The van der Waals surface area contributed by atoms with E-state index < -0.39 is 17.7 Å². The molecule has 1 aliphatic carbocycles. The average molecular weight is 444 g/mol. The zero-order valence-electron chi connectivity index (χ0n) is 17.1. The molecule has 10 heteroatoms. The summed E-state index contributed by atoms with van der Waals surface area (Å²) >= 11 is 0. The van der Waals surface area contributed by atoms with Crippen LogP contribution in [0.1, 0.15) is 54.6 Å². The van der Waals surface area contributed by atoms with Gasteiger partial charge in [-0.15, -0.1) is 0 Å². The molecule has 0 atom stereocenters. The molecule has 1 aromatic carbocycles. The van der Waals surface area contributed by atoms with Gasteiger partial charge >= 0.3 is 6.03 Å². The Morgan fingerprint density at radius 1 is 1.06 bits per heavy atom. The van der Waals surface area contributed by atoms with Crippen LogP contribution in [0.2, 0.25) is 0 Å². The van der Waals surface area contributed by atoms with Crippen molar-refractivity contribution in [2.45, 2.75) is 13.0 Å². The Morgan fingerprint density at radius 2 is 1.82 bits per heavy atom. The Labute approximate surface area is 186 Å². The molecule has 5 rings (SSSR count). The number of imide groups is 1. The van der Waals surface area contributed by atoms with E-state index in [-0.39, 0.29) is 59.4 Å². The van der Waals surface area contributed by atoms with Crippen LogP contribution in [0.5, 0.6) is 0 Å². The molecule has 2 aromatic heterocycles. The van der Waals surface area contributed by atoms with E-state index in [0.717, 1.165) is 0 Å². The molecule has 3 aromatic rings. The first-order valence-corrected chi connectivity index (χ1v) is 10.1. The molecule has 10 nitrogen and oxygen atoms in total. The van der Waals surface area contributed by atoms with Gasteiger partial charge < -0.3 is 9.73 Å². The van der Waals surface area contributed by atoms with Crippen LogP contribution in [0.4, 0.5) is 10.5 Å². The number of ketones is 2. The summed E-state index contributed by atoms with van der Waals surface area (Å²) in [4.78, 5) is 67.2. The number of urea groups is 1. The number of amides is 4. The number of rotatable bonds is 4. The lowest BCUT2D eigenvalue weighted by Gasteiger charge is -2.28. The SMILES string of the molecule is O=C1CCN(c2cnccc2CNC(=O)c2cc3c(o2)C(=O)c2ccccc2C3=O)C(=O)N1. The average Bonchev–Trinajstić information content (AvgIpc) is 3.28. The van der Waals surface area contributed by atoms with Crippen molar-refractivity contribution in [3.05, 3.63) is 82.6 Å². The van der Waals surface area contributed by atoms with Crippen LogP contribution in [0, 0.1) is 0 Å². The van der Waals surface area contributed by atoms with Crippen LogP contribution in [0.3, 0.4) is 0 Å². The minimum atomic E-state index is -0.630. The molecule has 0 unspecified atom stereocenters. The summed E-state index contributed by atoms with van der Waals surface area (Å²) in [6.45, 7) is 0.203. The Morgan fingerprint density at radius 3 is 2.58 bits per heavy atom. The van der Waals surface area contributed by atoms with Gasteiger partial charge in [-0.2, -0.15) is 0 Å². The molecule has 164 valence electrons. The standard InChI is InChI=1S/C23H16N4O6/c28-18-6-8-27(23(32)26-18)16-11-24-7-5-12(16)10-25-22(31)17-9-15-19(29)13-3-1-2-4-14(13)20(30)21(15)33-17/h1-5,7,9,11H,6,8,10H2,(H,25,31)(H,26,28,32). The van der Waals surface area contributed by atoms with Gasteiger partial charge in [0.1, 0.15) is 0 Å². The summed E-state index contributed by atoms with van der Waals surface area (Å²) in [6.07, 6.45) is 3.13. The van der Waals surface area contributed by atoms with Crippen LogP contribution >= 0.6 is 0 Å². The maximum Gasteiger partial charge on any atom is 0.328 e. The van der Waals surface area contributed by atoms with Gasteiger partial charge in [0.05, 0.1) is 17.4 Å². The fourth-order valence-corrected chi connectivity index (χ4v) is 3.85. The van der Waals surface area contributed by atoms with Gasteiger partial charge in [-0.25, -0.2) is 4.79 Å². The number of pyridine rings is 1. The molecule has 3 heterocycles. The molecular weight excluding hydrogens is 428 g/mol. The number of carbonyl (C=O) groups is 5. The first kappa shape index (κ1) is 20.3. The topological polar surface area (TPSA) is 139 Å². The van der Waals surface area contributed by atoms with Gasteiger partial charge in [-0.05, 0) is 11.6 Å². The first-order chi connectivity index (χ1) is 15.9. The maximum atomic E-state index is 12.7. The predicted octanol–water partition coefficient (Wildman–Crippen LogP) is 1.83. The van der Waals surface area contributed by atoms with Crippen molar-refractivity contribution in [3.63, 3.8) is 0 Å². The molecule has 1 fully saturated rings. The highest BCUT2D eigenvalue weighted by molar-refractivity contribution is 6.27. The molecule has 33 heavy (non-hydrogen) atoms. The van der Waals surface area contributed by atoms with E-state index in [4.69, 9.17) is 4.42 Å². The van der Waals surface area contributed by atoms with Crippen molar-refractivity contribution in [1.29, 1.82) is 0 Å². The lowest BCUT2D eigenvalue weighted by atomic mass is 9.89. The van der Waals surface area contributed by atoms with Gasteiger partial charge in [-0.3, -0.25) is 34.4 Å². The van der Waals surface area contributed by atoms with Crippen molar-refractivity contribution in [3.8, 4) is 0 Å². The van der Waals surface area contributed by atoms with Crippen molar-refractivity contribution >= 4 is 35.1 Å². The van der Waals surface area contributed by atoms with Gasteiger partial charge in [0.25, 0.3) is 5.91 Å². The fraction of sp³-hybridized carbons (Fsp3) is 0.130. The summed E-state index contributed by atoms with van der Waals surface area (Å²) < 4.78 is 5.46. The quantitative estimate of drug-likeness (QED) is 0.490. The van der Waals surface area contributed by atoms with Gasteiger partial charge in [0.15, 0.2) is 17.3 Å². The number of nitrogens with zero attached hydrogens (tertiary/aromatic N) is 2. The Hall–Kier alpha value is -4.60. The number of aromatic nitrogens is 1. The molecule has 4 amide bonds. The number of anilines is 1. The normalized spacial score (nSPS) is 15.1. The number of nitrogens with one attached hydrogen (secondary N) is 2. The number of fused-ring (bicyclic) bond motifs is 2. The highest BCUT2D eigenvalue weighted by Crippen LogP contribution is 2.29. The Balaban J connectivity index is 1.36. The lowest BCUT2D eigenvalue weighted by molar-refractivity contribution is -0.120. The van der Waals surface area contributed by atoms with E-state index in [1.54, 1.807) is 24.3 Å². The monoisotopic (exact) mass is 444 g/mol. The second-order valence-electron chi connectivity index (χ2n) is 7.50. The predicted molar refractivity (Wildman–Crippen MR) is 113 cm³/mol. The van der Waals surface area contributed by atoms with Crippen LogP contribution in [0.25, 0.3) is 0 Å².